The van der Waals surface area contributed by atoms with Crippen molar-refractivity contribution in [3.05, 3.63) is 68.9 Å². The quantitative estimate of drug-likeness (QED) is 0.229. The summed E-state index contributed by atoms with van der Waals surface area (Å²) < 4.78 is 2.50. The van der Waals surface area contributed by atoms with Crippen molar-refractivity contribution >= 4 is 27.4 Å². The molecule has 0 aliphatic carbocycles. The maximum Gasteiger partial charge on any atom is 0.270 e. The first-order valence-electron chi connectivity index (χ1n) is 5.49. The van der Waals surface area contributed by atoms with Crippen molar-refractivity contribution in [3.63, 3.8) is 0 Å². The SMILES string of the molecule is O=C(C[n+]1ccccc1Br)c1cccc([N+](=O)[O-])c1.[Br-]. The minimum atomic E-state index is -0.512. The van der Waals surface area contributed by atoms with Gasteiger partial charge in [0.05, 0.1) is 4.92 Å². The molecule has 0 spiro atoms. The minimum Gasteiger partial charge on any atom is -1.00 e. The number of carbonyl (C=O) groups excluding carboxylic acids is 1. The third kappa shape index (κ3) is 3.94. The second-order valence-electron chi connectivity index (χ2n) is 3.88. The molecule has 1 aromatic carbocycles. The molecule has 0 saturated heterocycles. The second kappa shape index (κ2) is 7.25. The molecule has 7 heteroatoms. The van der Waals surface area contributed by atoms with Gasteiger partial charge in [-0.2, -0.15) is 4.57 Å². The fraction of sp³-hybridized carbons (Fsp3) is 0.0769. The van der Waals surface area contributed by atoms with Crippen LogP contribution in [0.5, 0.6) is 0 Å². The van der Waals surface area contributed by atoms with Crippen molar-refractivity contribution in [2.24, 2.45) is 0 Å². The van der Waals surface area contributed by atoms with Crippen LogP contribution in [0.4, 0.5) is 5.69 Å². The zero-order valence-corrected chi connectivity index (χ0v) is 13.4. The number of pyridine rings is 1. The van der Waals surface area contributed by atoms with Crippen LogP contribution in [0.25, 0.3) is 0 Å². The molecule has 0 bridgehead atoms. The summed E-state index contributed by atoms with van der Waals surface area (Å²) in [5, 5.41) is 10.7. The van der Waals surface area contributed by atoms with Crippen LogP contribution in [0, 0.1) is 10.1 Å². The van der Waals surface area contributed by atoms with Gasteiger partial charge < -0.3 is 17.0 Å². The number of non-ortho nitro benzene ring substituents is 1. The predicted molar refractivity (Wildman–Crippen MR) is 71.8 cm³/mol. The van der Waals surface area contributed by atoms with Gasteiger partial charge in [-0.15, -0.1) is 0 Å². The third-order valence-corrected chi connectivity index (χ3v) is 3.30. The lowest BCUT2D eigenvalue weighted by Gasteiger charge is -1.99. The van der Waals surface area contributed by atoms with Gasteiger partial charge in [-0.3, -0.25) is 14.9 Å². The molecule has 0 aliphatic heterocycles. The van der Waals surface area contributed by atoms with Gasteiger partial charge in [-0.1, -0.05) is 12.1 Å². The Labute approximate surface area is 134 Å². The highest BCUT2D eigenvalue weighted by Crippen LogP contribution is 2.13. The number of rotatable bonds is 4. The highest BCUT2D eigenvalue weighted by Gasteiger charge is 2.17. The molecule has 0 radical (unpaired) electrons. The molecule has 5 nitrogen and oxygen atoms in total. The molecule has 0 atom stereocenters. The number of Topliss-reactive ketones (excluding diaryl/α,β-unsaturated/α-hetero) is 1. The van der Waals surface area contributed by atoms with Crippen molar-refractivity contribution in [3.8, 4) is 0 Å². The number of nitro groups is 1. The zero-order chi connectivity index (χ0) is 13.8. The van der Waals surface area contributed by atoms with Crippen molar-refractivity contribution < 1.29 is 31.3 Å². The summed E-state index contributed by atoms with van der Waals surface area (Å²) in [6.45, 7) is 0.128. The van der Waals surface area contributed by atoms with Gasteiger partial charge in [-0.25, -0.2) is 0 Å². The van der Waals surface area contributed by atoms with Gasteiger partial charge >= 0.3 is 0 Å². The molecule has 104 valence electrons. The summed E-state index contributed by atoms with van der Waals surface area (Å²) in [4.78, 5) is 22.2. The smallest absolute Gasteiger partial charge is 0.270 e. The number of hydrogen-bond acceptors (Lipinski definition) is 3. The van der Waals surface area contributed by atoms with Crippen LogP contribution < -0.4 is 21.5 Å². The van der Waals surface area contributed by atoms with E-state index in [9.17, 15) is 14.9 Å². The van der Waals surface area contributed by atoms with Crippen LogP contribution >= 0.6 is 15.9 Å². The lowest BCUT2D eigenvalue weighted by Crippen LogP contribution is -3.00. The molecular formula is C13H10Br2N2O3. The first-order valence-corrected chi connectivity index (χ1v) is 6.29. The Morgan fingerprint density at radius 2 is 2.00 bits per heavy atom. The van der Waals surface area contributed by atoms with E-state index < -0.39 is 4.92 Å². The van der Waals surface area contributed by atoms with E-state index in [1.54, 1.807) is 16.8 Å². The number of hydrogen-bond donors (Lipinski definition) is 0. The van der Waals surface area contributed by atoms with Crippen LogP contribution in [0.1, 0.15) is 10.4 Å². The van der Waals surface area contributed by atoms with E-state index in [1.807, 2.05) is 18.2 Å². The largest absolute Gasteiger partial charge is 1.00 e. The highest BCUT2D eigenvalue weighted by molar-refractivity contribution is 9.10. The first-order chi connectivity index (χ1) is 9.08. The summed E-state index contributed by atoms with van der Waals surface area (Å²) in [6.07, 6.45) is 1.76. The van der Waals surface area contributed by atoms with Crippen LogP contribution in [0.15, 0.2) is 53.3 Å². The van der Waals surface area contributed by atoms with E-state index >= 15 is 0 Å². The van der Waals surface area contributed by atoms with Gasteiger partial charge in [-0.05, 0) is 6.07 Å². The number of carbonyl (C=O) groups is 1. The Bertz CT molecular complexity index is 647. The van der Waals surface area contributed by atoms with Crippen molar-refractivity contribution in [2.45, 2.75) is 6.54 Å². The molecule has 0 N–H and O–H groups in total. The predicted octanol–water partition coefficient (Wildman–Crippen LogP) is -0.468. The number of benzene rings is 1. The average Bonchev–Trinajstić information content (AvgIpc) is 2.41. The Kier molecular flexibility index (Phi) is 5.97. The molecule has 0 fully saturated rings. The number of aromatic nitrogens is 1. The van der Waals surface area contributed by atoms with Gasteiger partial charge in [0.1, 0.15) is 0 Å². The molecule has 1 aromatic heterocycles. The summed E-state index contributed by atoms with van der Waals surface area (Å²) in [5.74, 6) is -0.180. The van der Waals surface area contributed by atoms with Crippen LogP contribution in [0.2, 0.25) is 0 Å². The van der Waals surface area contributed by atoms with Crippen molar-refractivity contribution in [2.75, 3.05) is 0 Å². The van der Waals surface area contributed by atoms with Crippen LogP contribution in [-0.4, -0.2) is 10.7 Å². The average molecular weight is 402 g/mol. The Morgan fingerprint density at radius 1 is 1.25 bits per heavy atom. The van der Waals surface area contributed by atoms with Crippen molar-refractivity contribution in [1.82, 2.24) is 0 Å². The zero-order valence-electron chi connectivity index (χ0n) is 10.2. The topological polar surface area (TPSA) is 64.1 Å². The summed E-state index contributed by atoms with van der Waals surface area (Å²) >= 11 is 3.34. The molecule has 0 amide bonds. The van der Waals surface area contributed by atoms with E-state index in [0.717, 1.165) is 4.60 Å². The van der Waals surface area contributed by atoms with Gasteiger partial charge in [0.25, 0.3) is 5.69 Å². The normalized spacial score (nSPS) is 9.65. The molecule has 2 rings (SSSR count). The fourth-order valence-electron chi connectivity index (χ4n) is 1.62. The minimum absolute atomic E-state index is 0. The molecule has 20 heavy (non-hydrogen) atoms. The van der Waals surface area contributed by atoms with E-state index in [0.29, 0.717) is 5.56 Å². The molecular weight excluding hydrogens is 392 g/mol. The lowest BCUT2D eigenvalue weighted by molar-refractivity contribution is -0.694. The van der Waals surface area contributed by atoms with Crippen LogP contribution in [0.3, 0.4) is 0 Å². The van der Waals surface area contributed by atoms with Gasteiger partial charge in [0, 0.05) is 45.8 Å². The molecule has 0 aliphatic rings. The molecule has 0 saturated carbocycles. The van der Waals surface area contributed by atoms with Crippen molar-refractivity contribution in [1.29, 1.82) is 0 Å². The van der Waals surface area contributed by atoms with E-state index in [1.165, 1.54) is 18.2 Å². The maximum atomic E-state index is 12.1. The molecule has 1 heterocycles. The first kappa shape index (κ1) is 16.5. The second-order valence-corrected chi connectivity index (χ2v) is 4.69. The standard InChI is InChI=1S/C13H10BrN2O3.BrH/c14-13-6-1-2-7-15(13)9-12(17)10-4-3-5-11(8-10)16(18)19;/h1-8H,9H2;1H/q+1;/p-1. The summed E-state index contributed by atoms with van der Waals surface area (Å²) in [5.41, 5.74) is 0.250. The molecule has 2 aromatic rings. The lowest BCUT2D eigenvalue weighted by atomic mass is 10.1. The van der Waals surface area contributed by atoms with Gasteiger partial charge in [0.15, 0.2) is 6.20 Å². The number of ketones is 1. The summed E-state index contributed by atoms with van der Waals surface area (Å²) in [6, 6.07) is 11.2. The third-order valence-electron chi connectivity index (χ3n) is 2.58. The number of halogens is 2. The summed E-state index contributed by atoms with van der Waals surface area (Å²) in [7, 11) is 0. The van der Waals surface area contributed by atoms with Crippen LogP contribution in [-0.2, 0) is 6.54 Å². The van der Waals surface area contributed by atoms with E-state index in [2.05, 4.69) is 15.9 Å². The Balaban J connectivity index is 0.00000200. The highest BCUT2D eigenvalue weighted by atomic mass is 79.9. The Hall–Kier alpha value is -1.60. The van der Waals surface area contributed by atoms with Gasteiger partial charge in [0.2, 0.25) is 16.9 Å². The number of nitro benzene ring substituents is 1. The van der Waals surface area contributed by atoms with E-state index in [-0.39, 0.29) is 35.0 Å². The molecule has 0 unspecified atom stereocenters. The maximum absolute atomic E-state index is 12.1. The number of nitrogens with zero attached hydrogens (tertiary/aromatic N) is 2. The fourth-order valence-corrected chi connectivity index (χ4v) is 2.02. The Morgan fingerprint density at radius 3 is 2.65 bits per heavy atom. The van der Waals surface area contributed by atoms with E-state index in [4.69, 9.17) is 0 Å². The monoisotopic (exact) mass is 400 g/mol.